The van der Waals surface area contributed by atoms with Crippen LogP contribution in [0.3, 0.4) is 0 Å². The summed E-state index contributed by atoms with van der Waals surface area (Å²) in [5.74, 6) is -0.904. The first-order valence-electron chi connectivity index (χ1n) is 15.1. The number of hydrogen-bond acceptors (Lipinski definition) is 6. The van der Waals surface area contributed by atoms with Crippen molar-refractivity contribution in [1.82, 2.24) is 15.2 Å². The molecule has 0 atom stereocenters. The fourth-order valence-electron chi connectivity index (χ4n) is 5.89. The fraction of sp³-hybridized carbons (Fsp3) is 0.364. The maximum absolute atomic E-state index is 13.4. The van der Waals surface area contributed by atoms with Crippen molar-refractivity contribution < 1.29 is 22.8 Å². The summed E-state index contributed by atoms with van der Waals surface area (Å²) in [6.07, 6.45) is 3.97. The van der Waals surface area contributed by atoms with Crippen LogP contribution in [0.5, 0.6) is 0 Å². The predicted octanol–water partition coefficient (Wildman–Crippen LogP) is 5.70. The second-order valence-corrected chi connectivity index (χ2v) is 14.0. The average Bonchev–Trinajstić information content (AvgIpc) is 3.52. The van der Waals surface area contributed by atoms with E-state index in [2.05, 4.69) is 34.4 Å². The van der Waals surface area contributed by atoms with Gasteiger partial charge in [0.15, 0.2) is 15.6 Å². The number of carbonyl (C=O) groups excluding carboxylic acids is 3. The summed E-state index contributed by atoms with van der Waals surface area (Å²) in [7, 11) is -3.88. The maximum Gasteiger partial charge on any atom is 0.256 e. The molecule has 1 aliphatic carbocycles. The van der Waals surface area contributed by atoms with Crippen molar-refractivity contribution in [2.45, 2.75) is 56.6 Å². The van der Waals surface area contributed by atoms with Crippen LogP contribution in [0.15, 0.2) is 41.3 Å². The Morgan fingerprint density at radius 1 is 1.04 bits per heavy atom. The van der Waals surface area contributed by atoms with E-state index in [1.165, 1.54) is 12.1 Å². The molecule has 5 rings (SSSR count). The van der Waals surface area contributed by atoms with E-state index in [-0.39, 0.29) is 38.6 Å². The van der Waals surface area contributed by atoms with Gasteiger partial charge in [0.1, 0.15) is 0 Å². The lowest BCUT2D eigenvalue weighted by atomic mass is 9.91. The Hall–Kier alpha value is -3.44. The van der Waals surface area contributed by atoms with Crippen LogP contribution in [0.2, 0.25) is 10.0 Å². The number of ketones is 1. The second kappa shape index (κ2) is 13.9. The molecule has 2 aromatic carbocycles. The highest BCUT2D eigenvalue weighted by atomic mass is 35.5. The average molecular weight is 672 g/mol. The minimum atomic E-state index is -3.88. The summed E-state index contributed by atoms with van der Waals surface area (Å²) in [5, 5.41) is 6.27. The molecule has 3 aromatic rings. The quantitative estimate of drug-likeness (QED) is 0.212. The molecule has 9 nitrogen and oxygen atoms in total. The zero-order valence-corrected chi connectivity index (χ0v) is 27.6. The lowest BCUT2D eigenvalue weighted by Crippen LogP contribution is -2.34. The molecule has 1 aromatic heterocycles. The van der Waals surface area contributed by atoms with Crippen LogP contribution < -0.4 is 10.6 Å². The molecule has 2 aliphatic rings. The van der Waals surface area contributed by atoms with Crippen molar-refractivity contribution in [2.75, 3.05) is 31.5 Å². The third-order valence-corrected chi connectivity index (χ3v) is 10.7. The number of hydrogen-bond donors (Lipinski definition) is 3. The number of aromatic nitrogens is 1. The van der Waals surface area contributed by atoms with Gasteiger partial charge in [-0.15, -0.1) is 0 Å². The minimum Gasteiger partial charge on any atom is -0.358 e. The van der Waals surface area contributed by atoms with E-state index in [4.69, 9.17) is 23.2 Å². The number of anilines is 1. The van der Waals surface area contributed by atoms with E-state index in [9.17, 15) is 22.8 Å². The van der Waals surface area contributed by atoms with Crippen molar-refractivity contribution >= 4 is 68.0 Å². The first kappa shape index (κ1) is 32.9. The summed E-state index contributed by atoms with van der Waals surface area (Å²) in [5.41, 5.74) is 4.10. The van der Waals surface area contributed by atoms with Gasteiger partial charge in [-0.1, -0.05) is 43.1 Å². The van der Waals surface area contributed by atoms with Gasteiger partial charge in [0.2, 0.25) is 5.91 Å². The molecule has 0 saturated carbocycles. The normalized spacial score (nSPS) is 15.4. The van der Waals surface area contributed by atoms with Crippen molar-refractivity contribution in [3.8, 4) is 0 Å². The highest BCUT2D eigenvalue weighted by Crippen LogP contribution is 2.38. The van der Waals surface area contributed by atoms with Crippen LogP contribution in [0.1, 0.15) is 71.5 Å². The molecule has 0 saturated heterocycles. The number of aryl methyl sites for hydroxylation is 1. The van der Waals surface area contributed by atoms with Crippen LogP contribution in [0, 0.1) is 0 Å². The molecule has 0 spiro atoms. The molecule has 0 bridgehead atoms. The molecule has 0 unspecified atom stereocenters. The minimum absolute atomic E-state index is 0.0111. The van der Waals surface area contributed by atoms with Crippen LogP contribution in [-0.4, -0.2) is 62.1 Å². The van der Waals surface area contributed by atoms with Crippen LogP contribution >= 0.6 is 23.2 Å². The Balaban J connectivity index is 1.44. The van der Waals surface area contributed by atoms with Gasteiger partial charge in [-0.2, -0.15) is 0 Å². The Morgan fingerprint density at radius 2 is 1.78 bits per heavy atom. The van der Waals surface area contributed by atoms with E-state index in [0.29, 0.717) is 65.9 Å². The van der Waals surface area contributed by atoms with Crippen LogP contribution in [-0.2, 0) is 38.0 Å². The number of amides is 2. The monoisotopic (exact) mass is 670 g/mol. The number of halogens is 2. The molecular formula is C33H36Cl2N4O5S. The number of carbonyl (C=O) groups is 3. The van der Waals surface area contributed by atoms with Gasteiger partial charge in [0.05, 0.1) is 16.2 Å². The largest absolute Gasteiger partial charge is 0.358 e. The van der Waals surface area contributed by atoms with Gasteiger partial charge < -0.3 is 20.5 Å². The summed E-state index contributed by atoms with van der Waals surface area (Å²) in [6.45, 7) is 7.25. The van der Waals surface area contributed by atoms with E-state index < -0.39 is 21.5 Å². The van der Waals surface area contributed by atoms with Crippen molar-refractivity contribution in [3.05, 3.63) is 80.1 Å². The second-order valence-electron chi connectivity index (χ2n) is 11.2. The maximum atomic E-state index is 13.4. The van der Waals surface area contributed by atoms with Crippen molar-refractivity contribution in [2.24, 2.45) is 0 Å². The van der Waals surface area contributed by atoms with Gasteiger partial charge in [-0.3, -0.25) is 14.4 Å². The number of sulfone groups is 1. The number of fused-ring (bicyclic) bond motifs is 2. The van der Waals surface area contributed by atoms with E-state index in [1.54, 1.807) is 30.3 Å². The summed E-state index contributed by atoms with van der Waals surface area (Å²) in [4.78, 5) is 44.5. The van der Waals surface area contributed by atoms with E-state index >= 15 is 0 Å². The van der Waals surface area contributed by atoms with Gasteiger partial charge >= 0.3 is 0 Å². The summed E-state index contributed by atoms with van der Waals surface area (Å²) < 4.78 is 26.9. The van der Waals surface area contributed by atoms with E-state index in [1.807, 2.05) is 0 Å². The number of aromatic amines is 1. The van der Waals surface area contributed by atoms with Crippen LogP contribution in [0.25, 0.3) is 11.6 Å². The lowest BCUT2D eigenvalue weighted by molar-refractivity contribution is -0.121. The third kappa shape index (κ3) is 7.19. The highest BCUT2D eigenvalue weighted by Gasteiger charge is 2.30. The number of nitrogens with one attached hydrogen (secondary N) is 3. The Labute approximate surface area is 273 Å². The number of H-pyrrole nitrogens is 1. The first-order valence-corrected chi connectivity index (χ1v) is 17.5. The standard InChI is InChI=1S/C33H36Cl2N4O5S/c1-3-39(4-2)16-15-36-31(41)14-12-21-29(37-28-9-6-10-30(40)32(21)28)18-23-22-17-20(11-13-27(22)38-33(23)42)45(43,44)19-24-25(34)7-5-8-26(24)35/h5,7-8,11,13,17-18,37H,3-4,6,9-10,12,14-16,19H2,1-2H3,(H,36,41)(H,38,42)/b23-18-. The number of rotatable bonds is 12. The third-order valence-electron chi connectivity index (χ3n) is 8.39. The molecule has 238 valence electrons. The first-order chi connectivity index (χ1) is 21.5. The smallest absolute Gasteiger partial charge is 0.256 e. The van der Waals surface area contributed by atoms with Crippen molar-refractivity contribution in [1.29, 1.82) is 0 Å². The zero-order valence-electron chi connectivity index (χ0n) is 25.3. The number of benzene rings is 2. The molecule has 2 heterocycles. The SMILES string of the molecule is CCN(CC)CCNC(=O)CCc1c(/C=C2\C(=O)Nc3ccc(S(=O)(=O)Cc4c(Cl)cccc4Cl)cc32)[nH]c2c1C(=O)CCC2. The van der Waals surface area contributed by atoms with Crippen molar-refractivity contribution in [3.63, 3.8) is 0 Å². The molecule has 45 heavy (non-hydrogen) atoms. The number of nitrogens with zero attached hydrogens (tertiary/aromatic N) is 1. The van der Waals surface area contributed by atoms with Gasteiger partial charge in [-0.25, -0.2) is 8.42 Å². The molecule has 12 heteroatoms. The zero-order chi connectivity index (χ0) is 32.3. The molecule has 2 amide bonds. The Bertz CT molecular complexity index is 1770. The van der Waals surface area contributed by atoms with Gasteiger partial charge in [0.25, 0.3) is 5.91 Å². The molecule has 3 N–H and O–H groups in total. The summed E-state index contributed by atoms with van der Waals surface area (Å²) >= 11 is 12.5. The van der Waals surface area contributed by atoms with Crippen LogP contribution in [0.4, 0.5) is 5.69 Å². The lowest BCUT2D eigenvalue weighted by Gasteiger charge is -2.18. The summed E-state index contributed by atoms with van der Waals surface area (Å²) in [6, 6.07) is 9.28. The van der Waals surface area contributed by atoms with Gasteiger partial charge in [-0.05, 0) is 74.3 Å². The molecule has 0 radical (unpaired) electrons. The predicted molar refractivity (Wildman–Crippen MR) is 177 cm³/mol. The molecule has 0 fully saturated rings. The topological polar surface area (TPSA) is 128 Å². The highest BCUT2D eigenvalue weighted by molar-refractivity contribution is 7.90. The Morgan fingerprint density at radius 3 is 2.49 bits per heavy atom. The Kier molecular flexibility index (Phi) is 10.2. The molecular weight excluding hydrogens is 635 g/mol. The number of Topliss-reactive ketones (excluding diaryl/α,β-unsaturated/α-hetero) is 1. The molecule has 1 aliphatic heterocycles. The van der Waals surface area contributed by atoms with Gasteiger partial charge in [0, 0.05) is 69.7 Å². The number of likely N-dealkylation sites (N-methyl/N-ethyl adjacent to an activating group) is 1. The van der Waals surface area contributed by atoms with E-state index in [0.717, 1.165) is 25.3 Å². The fourth-order valence-corrected chi connectivity index (χ4v) is 8.01.